The molecule has 0 aliphatic carbocycles. The zero-order valence-electron chi connectivity index (χ0n) is 15.8. The van der Waals surface area contributed by atoms with Crippen molar-refractivity contribution >= 4 is 16.8 Å². The number of hydrogen-bond donors (Lipinski definition) is 3. The van der Waals surface area contributed by atoms with E-state index in [1.54, 1.807) is 37.4 Å². The molecule has 0 bridgehead atoms. The molecule has 6 heteroatoms. The zero-order chi connectivity index (χ0) is 20.4. The predicted octanol–water partition coefficient (Wildman–Crippen LogP) is 4.14. The van der Waals surface area contributed by atoms with Gasteiger partial charge in [-0.1, -0.05) is 30.3 Å². The van der Waals surface area contributed by atoms with Crippen LogP contribution in [0.1, 0.15) is 27.5 Å². The lowest BCUT2D eigenvalue weighted by Crippen LogP contribution is -2.30. The number of rotatable bonds is 5. The third kappa shape index (κ3) is 3.88. The van der Waals surface area contributed by atoms with Gasteiger partial charge in [-0.2, -0.15) is 5.10 Å². The third-order valence-electron chi connectivity index (χ3n) is 4.97. The Morgan fingerprint density at radius 2 is 1.97 bits per heavy atom. The summed E-state index contributed by atoms with van der Waals surface area (Å²) in [6.07, 6.45) is 1.76. The number of nitrogens with one attached hydrogen (secondary N) is 2. The van der Waals surface area contributed by atoms with Crippen molar-refractivity contribution in [1.29, 1.82) is 0 Å². The number of fused-ring (bicyclic) bond motifs is 1. The minimum absolute atomic E-state index is 0.284. The van der Waals surface area contributed by atoms with Crippen LogP contribution in [-0.2, 0) is 0 Å². The molecule has 4 rings (SSSR count). The molecule has 4 aromatic rings. The van der Waals surface area contributed by atoms with Gasteiger partial charge in [-0.3, -0.25) is 9.89 Å². The molecule has 1 aromatic heterocycles. The monoisotopic (exact) mass is 389 g/mol. The molecular weight excluding hydrogens is 369 g/mol. The molecule has 1 unspecified atom stereocenters. The number of nitrogens with zero attached hydrogens (tertiary/aromatic N) is 1. The van der Waals surface area contributed by atoms with Crippen LogP contribution in [0, 0.1) is 12.7 Å². The molecule has 1 atom stereocenters. The normalized spacial score (nSPS) is 12.1. The van der Waals surface area contributed by atoms with E-state index >= 15 is 0 Å². The number of hydrogen-bond acceptors (Lipinski definition) is 3. The largest absolute Gasteiger partial charge is 0.394 e. The Morgan fingerprint density at radius 3 is 2.76 bits per heavy atom. The highest BCUT2D eigenvalue weighted by atomic mass is 19.1. The molecule has 1 heterocycles. The topological polar surface area (TPSA) is 78.0 Å². The Labute approximate surface area is 167 Å². The van der Waals surface area contributed by atoms with Crippen molar-refractivity contribution in [2.24, 2.45) is 0 Å². The predicted molar refractivity (Wildman–Crippen MR) is 110 cm³/mol. The molecule has 5 nitrogen and oxygen atoms in total. The van der Waals surface area contributed by atoms with Gasteiger partial charge in [0.25, 0.3) is 5.91 Å². The van der Waals surface area contributed by atoms with Crippen molar-refractivity contribution in [1.82, 2.24) is 15.5 Å². The molecule has 0 aliphatic heterocycles. The molecule has 3 N–H and O–H groups in total. The lowest BCUT2D eigenvalue weighted by atomic mass is 10.0. The first-order chi connectivity index (χ1) is 14.0. The minimum atomic E-state index is -0.618. The average Bonchev–Trinajstić information content (AvgIpc) is 3.22. The van der Waals surface area contributed by atoms with Gasteiger partial charge in [0.1, 0.15) is 5.82 Å². The third-order valence-corrected chi connectivity index (χ3v) is 4.97. The van der Waals surface area contributed by atoms with Crippen LogP contribution in [-0.4, -0.2) is 27.8 Å². The number of benzene rings is 3. The summed E-state index contributed by atoms with van der Waals surface area (Å²) in [5.41, 5.74) is 4.42. The van der Waals surface area contributed by atoms with E-state index in [-0.39, 0.29) is 18.3 Å². The van der Waals surface area contributed by atoms with E-state index in [0.29, 0.717) is 16.7 Å². The van der Waals surface area contributed by atoms with Crippen molar-refractivity contribution in [2.45, 2.75) is 13.0 Å². The Balaban J connectivity index is 1.58. The van der Waals surface area contributed by atoms with Gasteiger partial charge in [0, 0.05) is 10.9 Å². The summed E-state index contributed by atoms with van der Waals surface area (Å²) in [4.78, 5) is 12.8. The second-order valence-corrected chi connectivity index (χ2v) is 6.97. The molecular formula is C23H20FN3O2. The van der Waals surface area contributed by atoms with E-state index in [4.69, 9.17) is 0 Å². The van der Waals surface area contributed by atoms with E-state index in [1.807, 2.05) is 30.3 Å². The number of aliphatic hydroxyl groups excluding tert-OH is 1. The van der Waals surface area contributed by atoms with Gasteiger partial charge in [0.2, 0.25) is 0 Å². The Morgan fingerprint density at radius 1 is 1.14 bits per heavy atom. The Hall–Kier alpha value is -3.51. The van der Waals surface area contributed by atoms with Crippen molar-refractivity contribution in [3.05, 3.63) is 89.4 Å². The van der Waals surface area contributed by atoms with Gasteiger partial charge >= 0.3 is 0 Å². The highest BCUT2D eigenvalue weighted by Gasteiger charge is 2.16. The van der Waals surface area contributed by atoms with Gasteiger partial charge in [-0.05, 0) is 59.5 Å². The van der Waals surface area contributed by atoms with E-state index in [1.165, 1.54) is 6.07 Å². The van der Waals surface area contributed by atoms with E-state index in [9.17, 15) is 14.3 Å². The lowest BCUT2D eigenvalue weighted by molar-refractivity contribution is 0.0916. The van der Waals surface area contributed by atoms with Crippen LogP contribution in [0.15, 0.2) is 66.9 Å². The van der Waals surface area contributed by atoms with Crippen LogP contribution in [0.25, 0.3) is 22.0 Å². The fourth-order valence-corrected chi connectivity index (χ4v) is 3.32. The molecule has 1 amide bonds. The van der Waals surface area contributed by atoms with Gasteiger partial charge in [0.05, 0.1) is 24.4 Å². The first-order valence-electron chi connectivity index (χ1n) is 9.26. The minimum Gasteiger partial charge on any atom is -0.394 e. The average molecular weight is 389 g/mol. The fraction of sp³-hybridized carbons (Fsp3) is 0.130. The first-order valence-corrected chi connectivity index (χ1v) is 9.26. The maximum atomic E-state index is 13.5. The standard InChI is InChI=1S/C23H20FN3O2/c1-14-9-17(5-7-20(14)24)22(13-28)26-23(29)18-4-2-3-15(10-18)16-6-8-21-19(11-16)12-25-27-21/h2-12,22,28H,13H2,1H3,(H,25,27)(H,26,29). The van der Waals surface area contributed by atoms with Crippen LogP contribution >= 0.6 is 0 Å². The Kier molecular flexibility index (Phi) is 5.10. The summed E-state index contributed by atoms with van der Waals surface area (Å²) < 4.78 is 13.5. The second-order valence-electron chi connectivity index (χ2n) is 6.97. The van der Waals surface area contributed by atoms with Crippen molar-refractivity contribution in [3.63, 3.8) is 0 Å². The number of halogens is 1. The summed E-state index contributed by atoms with van der Waals surface area (Å²) in [5.74, 6) is -0.628. The number of aliphatic hydroxyl groups is 1. The summed E-state index contributed by atoms with van der Waals surface area (Å²) >= 11 is 0. The highest BCUT2D eigenvalue weighted by molar-refractivity contribution is 5.96. The molecule has 0 fully saturated rings. The first kappa shape index (κ1) is 18.8. The Bertz CT molecular complexity index is 1190. The van der Waals surface area contributed by atoms with Gasteiger partial charge in [-0.15, -0.1) is 0 Å². The van der Waals surface area contributed by atoms with E-state index < -0.39 is 6.04 Å². The van der Waals surface area contributed by atoms with Crippen molar-refractivity contribution in [2.75, 3.05) is 6.61 Å². The summed E-state index contributed by atoms with van der Waals surface area (Å²) in [5, 5.41) is 20.5. The molecule has 0 saturated carbocycles. The maximum Gasteiger partial charge on any atom is 0.251 e. The van der Waals surface area contributed by atoms with E-state index in [0.717, 1.165) is 22.0 Å². The smallest absolute Gasteiger partial charge is 0.251 e. The molecule has 0 radical (unpaired) electrons. The van der Waals surface area contributed by atoms with Crippen molar-refractivity contribution in [3.8, 4) is 11.1 Å². The molecule has 0 spiro atoms. The SMILES string of the molecule is Cc1cc(C(CO)NC(=O)c2cccc(-c3ccc4[nH]ncc4c3)c2)ccc1F. The summed E-state index contributed by atoms with van der Waals surface area (Å²) in [6.45, 7) is 1.36. The van der Waals surface area contributed by atoms with E-state index in [2.05, 4.69) is 15.5 Å². The fourth-order valence-electron chi connectivity index (χ4n) is 3.32. The number of amides is 1. The van der Waals surface area contributed by atoms with Crippen LogP contribution in [0.5, 0.6) is 0 Å². The van der Waals surface area contributed by atoms with Crippen LogP contribution in [0.2, 0.25) is 0 Å². The van der Waals surface area contributed by atoms with Gasteiger partial charge < -0.3 is 10.4 Å². The van der Waals surface area contributed by atoms with Crippen molar-refractivity contribution < 1.29 is 14.3 Å². The summed E-state index contributed by atoms with van der Waals surface area (Å²) in [6, 6.07) is 17.1. The number of aromatic nitrogens is 2. The van der Waals surface area contributed by atoms with Crippen LogP contribution < -0.4 is 5.32 Å². The zero-order valence-corrected chi connectivity index (χ0v) is 15.8. The number of carbonyl (C=O) groups excluding carboxylic acids is 1. The second kappa shape index (κ2) is 7.85. The molecule has 3 aromatic carbocycles. The number of carbonyl (C=O) groups is 1. The summed E-state index contributed by atoms with van der Waals surface area (Å²) in [7, 11) is 0. The molecule has 0 saturated heterocycles. The highest BCUT2D eigenvalue weighted by Crippen LogP contribution is 2.25. The molecule has 0 aliphatic rings. The lowest BCUT2D eigenvalue weighted by Gasteiger charge is -2.18. The van der Waals surface area contributed by atoms with Gasteiger partial charge in [0.15, 0.2) is 0 Å². The molecule has 146 valence electrons. The quantitative estimate of drug-likeness (QED) is 0.480. The van der Waals surface area contributed by atoms with Crippen LogP contribution in [0.4, 0.5) is 4.39 Å². The maximum absolute atomic E-state index is 13.5. The molecule has 29 heavy (non-hydrogen) atoms. The van der Waals surface area contributed by atoms with Gasteiger partial charge in [-0.25, -0.2) is 4.39 Å². The number of aromatic amines is 1. The number of aryl methyl sites for hydroxylation is 1. The number of H-pyrrole nitrogens is 1. The van der Waals surface area contributed by atoms with Crippen LogP contribution in [0.3, 0.4) is 0 Å².